The van der Waals surface area contributed by atoms with E-state index in [0.717, 1.165) is 31.5 Å². The Morgan fingerprint density at radius 3 is 2.40 bits per heavy atom. The number of rotatable bonds is 4. The third kappa shape index (κ3) is 3.54. The zero-order valence-corrected chi connectivity index (χ0v) is 15.3. The molecule has 0 spiro atoms. The molecular weight excluding hydrogens is 336 g/mol. The van der Waals surface area contributed by atoms with E-state index in [4.69, 9.17) is 0 Å². The van der Waals surface area contributed by atoms with Gasteiger partial charge >= 0.3 is 0 Å². The number of sulfonamides is 1. The minimum atomic E-state index is -3.73. The molecule has 6 heteroatoms. The molecule has 3 rings (SSSR count). The SMILES string of the molecule is Cc1cccc(N(C)S(=O)(=O)c2cccc(C(=O)N3CCCC3)c2)c1. The van der Waals surface area contributed by atoms with Crippen LogP contribution in [0.15, 0.2) is 53.4 Å². The smallest absolute Gasteiger partial charge is 0.264 e. The molecule has 0 unspecified atom stereocenters. The van der Waals surface area contributed by atoms with Crippen molar-refractivity contribution >= 4 is 21.6 Å². The van der Waals surface area contributed by atoms with E-state index in [1.54, 1.807) is 23.1 Å². The van der Waals surface area contributed by atoms with Gasteiger partial charge in [-0.15, -0.1) is 0 Å². The van der Waals surface area contributed by atoms with Crippen LogP contribution in [0.5, 0.6) is 0 Å². The fourth-order valence-corrected chi connectivity index (χ4v) is 4.25. The predicted octanol–water partition coefficient (Wildman–Crippen LogP) is 3.06. The number of hydrogen-bond acceptors (Lipinski definition) is 3. The second-order valence-electron chi connectivity index (χ2n) is 6.34. The molecule has 0 bridgehead atoms. The number of nitrogens with zero attached hydrogens (tertiary/aromatic N) is 2. The first kappa shape index (κ1) is 17.5. The molecule has 0 saturated carbocycles. The zero-order chi connectivity index (χ0) is 18.0. The van der Waals surface area contributed by atoms with Crippen molar-refractivity contribution in [2.24, 2.45) is 0 Å². The lowest BCUT2D eigenvalue weighted by molar-refractivity contribution is 0.0792. The van der Waals surface area contributed by atoms with Gasteiger partial charge in [-0.05, 0) is 55.7 Å². The Morgan fingerprint density at radius 1 is 1.04 bits per heavy atom. The summed E-state index contributed by atoms with van der Waals surface area (Å²) in [6, 6.07) is 13.6. The van der Waals surface area contributed by atoms with Crippen LogP contribution in [0.2, 0.25) is 0 Å². The van der Waals surface area contributed by atoms with Crippen LogP contribution in [0, 0.1) is 6.92 Å². The minimum Gasteiger partial charge on any atom is -0.339 e. The number of amides is 1. The number of hydrogen-bond donors (Lipinski definition) is 0. The van der Waals surface area contributed by atoms with Crippen molar-refractivity contribution in [2.75, 3.05) is 24.4 Å². The monoisotopic (exact) mass is 358 g/mol. The van der Waals surface area contributed by atoms with Gasteiger partial charge < -0.3 is 4.90 Å². The van der Waals surface area contributed by atoms with Crippen LogP contribution in [-0.2, 0) is 10.0 Å². The van der Waals surface area contributed by atoms with Gasteiger partial charge in [0.15, 0.2) is 0 Å². The van der Waals surface area contributed by atoms with E-state index in [1.807, 2.05) is 25.1 Å². The Morgan fingerprint density at radius 2 is 1.72 bits per heavy atom. The number of benzene rings is 2. The second kappa shape index (κ2) is 6.88. The Bertz CT molecular complexity index is 887. The van der Waals surface area contributed by atoms with Crippen molar-refractivity contribution < 1.29 is 13.2 Å². The molecule has 0 N–H and O–H groups in total. The van der Waals surface area contributed by atoms with Crippen LogP contribution < -0.4 is 4.31 Å². The maximum absolute atomic E-state index is 12.9. The number of carbonyl (C=O) groups excluding carboxylic acids is 1. The maximum atomic E-state index is 12.9. The Balaban J connectivity index is 1.92. The standard InChI is InChI=1S/C19H22N2O3S/c1-15-7-5-9-17(13-15)20(2)25(23,24)18-10-6-8-16(14-18)19(22)21-11-3-4-12-21/h5-10,13-14H,3-4,11-12H2,1-2H3. The lowest BCUT2D eigenvalue weighted by Crippen LogP contribution is -2.29. The lowest BCUT2D eigenvalue weighted by Gasteiger charge is -2.21. The van der Waals surface area contributed by atoms with Gasteiger partial charge in [0, 0.05) is 25.7 Å². The molecule has 1 aliphatic heterocycles. The van der Waals surface area contributed by atoms with Crippen molar-refractivity contribution in [3.8, 4) is 0 Å². The number of likely N-dealkylation sites (tertiary alicyclic amines) is 1. The Labute approximate surface area is 148 Å². The highest BCUT2D eigenvalue weighted by molar-refractivity contribution is 7.92. The summed E-state index contributed by atoms with van der Waals surface area (Å²) in [5, 5.41) is 0. The van der Waals surface area contributed by atoms with E-state index < -0.39 is 10.0 Å². The van der Waals surface area contributed by atoms with Crippen LogP contribution in [-0.4, -0.2) is 39.4 Å². The molecular formula is C19H22N2O3S. The van der Waals surface area contributed by atoms with Gasteiger partial charge in [-0.25, -0.2) is 8.42 Å². The molecule has 1 saturated heterocycles. The fourth-order valence-electron chi connectivity index (χ4n) is 3.01. The van der Waals surface area contributed by atoms with E-state index >= 15 is 0 Å². The van der Waals surface area contributed by atoms with Crippen LogP contribution in [0.4, 0.5) is 5.69 Å². The summed E-state index contributed by atoms with van der Waals surface area (Å²) < 4.78 is 27.1. The fraction of sp³-hybridized carbons (Fsp3) is 0.316. The molecule has 1 fully saturated rings. The van der Waals surface area contributed by atoms with Gasteiger partial charge in [-0.2, -0.15) is 0 Å². The first-order valence-electron chi connectivity index (χ1n) is 8.34. The van der Waals surface area contributed by atoms with Gasteiger partial charge in [-0.3, -0.25) is 9.10 Å². The van der Waals surface area contributed by atoms with E-state index in [2.05, 4.69) is 0 Å². The molecule has 5 nitrogen and oxygen atoms in total. The summed E-state index contributed by atoms with van der Waals surface area (Å²) in [7, 11) is -2.20. The summed E-state index contributed by atoms with van der Waals surface area (Å²) in [6.45, 7) is 3.39. The molecule has 2 aromatic rings. The first-order valence-corrected chi connectivity index (χ1v) is 9.78. The summed E-state index contributed by atoms with van der Waals surface area (Å²) in [5.74, 6) is -0.104. The van der Waals surface area contributed by atoms with Gasteiger partial charge in [0.25, 0.3) is 15.9 Å². The van der Waals surface area contributed by atoms with Crippen LogP contribution in [0.1, 0.15) is 28.8 Å². The summed E-state index contributed by atoms with van der Waals surface area (Å²) in [6.07, 6.45) is 2.00. The van der Waals surface area contributed by atoms with Crippen LogP contribution >= 0.6 is 0 Å². The molecule has 0 atom stereocenters. The number of anilines is 1. The lowest BCUT2D eigenvalue weighted by atomic mass is 10.2. The van der Waals surface area contributed by atoms with E-state index in [1.165, 1.54) is 23.5 Å². The molecule has 132 valence electrons. The summed E-state index contributed by atoms with van der Waals surface area (Å²) in [5.41, 5.74) is 1.99. The van der Waals surface area contributed by atoms with Gasteiger partial charge in [0.05, 0.1) is 10.6 Å². The molecule has 25 heavy (non-hydrogen) atoms. The quantitative estimate of drug-likeness (QED) is 0.844. The van der Waals surface area contributed by atoms with Crippen molar-refractivity contribution in [1.29, 1.82) is 0 Å². The summed E-state index contributed by atoms with van der Waals surface area (Å²) in [4.78, 5) is 14.4. The maximum Gasteiger partial charge on any atom is 0.264 e. The molecule has 0 aromatic heterocycles. The van der Waals surface area contributed by atoms with E-state index in [0.29, 0.717) is 11.3 Å². The minimum absolute atomic E-state index is 0.104. The molecule has 1 heterocycles. The van der Waals surface area contributed by atoms with Gasteiger partial charge in [-0.1, -0.05) is 18.2 Å². The molecule has 0 radical (unpaired) electrons. The topological polar surface area (TPSA) is 57.7 Å². The largest absolute Gasteiger partial charge is 0.339 e. The highest BCUT2D eigenvalue weighted by Crippen LogP contribution is 2.24. The highest BCUT2D eigenvalue weighted by Gasteiger charge is 2.24. The third-order valence-corrected chi connectivity index (χ3v) is 6.28. The summed E-state index contributed by atoms with van der Waals surface area (Å²) >= 11 is 0. The van der Waals surface area contributed by atoms with Crippen molar-refractivity contribution in [1.82, 2.24) is 4.90 Å². The molecule has 2 aromatic carbocycles. The zero-order valence-electron chi connectivity index (χ0n) is 14.5. The van der Waals surface area contributed by atoms with Crippen molar-refractivity contribution in [2.45, 2.75) is 24.7 Å². The second-order valence-corrected chi connectivity index (χ2v) is 8.31. The Kier molecular flexibility index (Phi) is 4.81. The third-order valence-electron chi connectivity index (χ3n) is 4.50. The molecule has 1 amide bonds. The normalized spacial score (nSPS) is 14.6. The Hall–Kier alpha value is -2.34. The van der Waals surface area contributed by atoms with E-state index in [9.17, 15) is 13.2 Å². The number of carbonyl (C=O) groups is 1. The van der Waals surface area contributed by atoms with E-state index in [-0.39, 0.29) is 10.8 Å². The molecule has 0 aliphatic carbocycles. The predicted molar refractivity (Wildman–Crippen MR) is 98.3 cm³/mol. The highest BCUT2D eigenvalue weighted by atomic mass is 32.2. The van der Waals surface area contributed by atoms with Gasteiger partial charge in [0.2, 0.25) is 0 Å². The number of aryl methyl sites for hydroxylation is 1. The first-order chi connectivity index (χ1) is 11.9. The average Bonchev–Trinajstić information content (AvgIpc) is 3.15. The van der Waals surface area contributed by atoms with Gasteiger partial charge in [0.1, 0.15) is 0 Å². The average molecular weight is 358 g/mol. The van der Waals surface area contributed by atoms with Crippen molar-refractivity contribution in [3.63, 3.8) is 0 Å². The van der Waals surface area contributed by atoms with Crippen LogP contribution in [0.3, 0.4) is 0 Å². The van der Waals surface area contributed by atoms with Crippen molar-refractivity contribution in [3.05, 3.63) is 59.7 Å². The van der Waals surface area contributed by atoms with Crippen LogP contribution in [0.25, 0.3) is 0 Å². The molecule has 1 aliphatic rings.